The number of nitrogens with zero attached hydrogens (tertiary/aromatic N) is 2. The van der Waals surface area contributed by atoms with E-state index in [4.69, 9.17) is 9.47 Å². The van der Waals surface area contributed by atoms with Gasteiger partial charge in [-0.2, -0.15) is 0 Å². The molecule has 6 rings (SSSR count). The van der Waals surface area contributed by atoms with Gasteiger partial charge in [-0.1, -0.05) is 76.2 Å². The lowest BCUT2D eigenvalue weighted by atomic mass is 9.71. The summed E-state index contributed by atoms with van der Waals surface area (Å²) in [7, 11) is 1.52. The maximum Gasteiger partial charge on any atom is 0.178 e. The predicted molar refractivity (Wildman–Crippen MR) is 140 cm³/mol. The molecule has 182 valence electrons. The van der Waals surface area contributed by atoms with Crippen molar-refractivity contribution >= 4 is 27.7 Å². The molecular weight excluding hydrogens is 540 g/mol. The number of hydrogen-bond acceptors (Lipinski definition) is 7. The third-order valence-electron chi connectivity index (χ3n) is 7.15. The van der Waals surface area contributed by atoms with E-state index in [2.05, 4.69) is 25.9 Å². The average Bonchev–Trinajstić information content (AvgIpc) is 3.28. The Morgan fingerprint density at radius 1 is 1.00 bits per heavy atom. The number of aromatic nitrogens is 2. The second kappa shape index (κ2) is 8.88. The number of benzene rings is 2. The summed E-state index contributed by atoms with van der Waals surface area (Å²) >= 11 is 4.96. The van der Waals surface area contributed by atoms with Gasteiger partial charge >= 0.3 is 0 Å². The van der Waals surface area contributed by atoms with Crippen molar-refractivity contribution in [1.82, 2.24) is 9.97 Å². The van der Waals surface area contributed by atoms with Gasteiger partial charge in [-0.05, 0) is 35.4 Å². The van der Waals surface area contributed by atoms with Gasteiger partial charge in [0.1, 0.15) is 17.6 Å². The molecule has 0 radical (unpaired) electrons. The van der Waals surface area contributed by atoms with E-state index in [1.165, 1.54) is 18.9 Å². The second-order valence-electron chi connectivity index (χ2n) is 8.91. The van der Waals surface area contributed by atoms with Crippen LogP contribution in [-0.2, 0) is 11.2 Å². The van der Waals surface area contributed by atoms with Crippen LogP contribution in [0.5, 0.6) is 11.5 Å². The number of halogens is 1. The van der Waals surface area contributed by atoms with E-state index in [9.17, 15) is 10.2 Å². The topological polar surface area (TPSA) is 84.7 Å². The lowest BCUT2D eigenvalue weighted by Gasteiger charge is -2.40. The molecule has 5 atom stereocenters. The summed E-state index contributed by atoms with van der Waals surface area (Å²) in [6.07, 6.45) is 3.61. The molecule has 4 aromatic rings. The highest BCUT2D eigenvalue weighted by molar-refractivity contribution is 9.10. The zero-order chi connectivity index (χ0) is 24.9. The molecule has 0 saturated heterocycles. The predicted octanol–water partition coefficient (Wildman–Crippen LogP) is 5.04. The number of rotatable bonds is 5. The number of fused-ring (bicyclic) bond motifs is 3. The van der Waals surface area contributed by atoms with Gasteiger partial charge < -0.3 is 19.7 Å². The highest BCUT2D eigenvalue weighted by Crippen LogP contribution is 2.70. The van der Waals surface area contributed by atoms with Crippen molar-refractivity contribution in [3.05, 3.63) is 113 Å². The average molecular weight is 563 g/mol. The van der Waals surface area contributed by atoms with E-state index < -0.39 is 28.5 Å². The third kappa shape index (κ3) is 3.25. The molecule has 0 amide bonds. The van der Waals surface area contributed by atoms with Crippen molar-refractivity contribution in [1.29, 1.82) is 0 Å². The molecule has 0 spiro atoms. The minimum absolute atomic E-state index is 0.364. The fourth-order valence-electron chi connectivity index (χ4n) is 5.72. The highest BCUT2D eigenvalue weighted by atomic mass is 79.9. The number of thioether (sulfide) groups is 1. The van der Waals surface area contributed by atoms with Crippen LogP contribution in [-0.4, -0.2) is 38.6 Å². The van der Waals surface area contributed by atoms with Crippen LogP contribution in [0.25, 0.3) is 0 Å². The fraction of sp³-hybridized carbons (Fsp3) is 0.214. The third-order valence-corrected chi connectivity index (χ3v) is 8.96. The molecule has 0 bridgehead atoms. The molecule has 2 aromatic carbocycles. The van der Waals surface area contributed by atoms with Crippen molar-refractivity contribution in [3.63, 3.8) is 0 Å². The zero-order valence-electron chi connectivity index (χ0n) is 19.3. The van der Waals surface area contributed by atoms with Crippen molar-refractivity contribution in [2.75, 3.05) is 7.11 Å². The Kier molecular flexibility index (Phi) is 5.80. The van der Waals surface area contributed by atoms with Gasteiger partial charge in [0.2, 0.25) is 0 Å². The van der Waals surface area contributed by atoms with E-state index >= 15 is 0 Å². The van der Waals surface area contributed by atoms with E-state index in [1.807, 2.05) is 72.8 Å². The maximum absolute atomic E-state index is 12.8. The van der Waals surface area contributed by atoms with Gasteiger partial charge in [0.15, 0.2) is 11.2 Å². The molecule has 5 unspecified atom stereocenters. The number of pyridine rings is 2. The first-order chi connectivity index (χ1) is 17.5. The Labute approximate surface area is 221 Å². The number of ether oxygens (including phenoxy) is 2. The van der Waals surface area contributed by atoms with Gasteiger partial charge in [-0.3, -0.25) is 4.98 Å². The van der Waals surface area contributed by atoms with Crippen molar-refractivity contribution < 1.29 is 19.7 Å². The first-order valence-corrected chi connectivity index (χ1v) is 13.2. The monoisotopic (exact) mass is 562 g/mol. The summed E-state index contributed by atoms with van der Waals surface area (Å²) in [6.45, 7) is 0. The molecule has 2 N–H and O–H groups in total. The van der Waals surface area contributed by atoms with Gasteiger partial charge in [0.25, 0.3) is 0 Å². The van der Waals surface area contributed by atoms with E-state index in [0.29, 0.717) is 17.1 Å². The summed E-state index contributed by atoms with van der Waals surface area (Å²) in [5, 5.41) is 25.1. The van der Waals surface area contributed by atoms with Crippen LogP contribution in [0.15, 0.2) is 101 Å². The molecule has 36 heavy (non-hydrogen) atoms. The molecule has 1 aliphatic heterocycles. The molecule has 2 aromatic heterocycles. The molecule has 1 saturated carbocycles. The van der Waals surface area contributed by atoms with Gasteiger partial charge in [0.05, 0.1) is 35.3 Å². The maximum atomic E-state index is 12.8. The van der Waals surface area contributed by atoms with Gasteiger partial charge in [0, 0.05) is 16.6 Å². The summed E-state index contributed by atoms with van der Waals surface area (Å²) in [5.74, 6) is 0.299. The normalized spacial score (nSPS) is 28.3. The summed E-state index contributed by atoms with van der Waals surface area (Å²) < 4.78 is 13.3. The highest BCUT2D eigenvalue weighted by Gasteiger charge is 2.77. The number of aliphatic hydroxyl groups is 2. The summed E-state index contributed by atoms with van der Waals surface area (Å²) in [4.78, 5) is 8.76. The standard InChI is InChI=1S/C28H23BrN2O4S/c1-34-20-15-30-16-21-24(20)27(33)26(32)25(36-22-9-5-6-14-31-22)23(17-7-3-2-4-8-17)28(27,35-21)18-10-12-19(29)13-11-18/h2-16,23,25-26,32-33H,1H3. The van der Waals surface area contributed by atoms with Gasteiger partial charge in [-0.15, -0.1) is 0 Å². The molecule has 1 aliphatic carbocycles. The van der Waals surface area contributed by atoms with E-state index in [-0.39, 0.29) is 0 Å². The Bertz CT molecular complexity index is 1390. The Morgan fingerprint density at radius 2 is 1.75 bits per heavy atom. The molecule has 1 fully saturated rings. The van der Waals surface area contributed by atoms with Crippen LogP contribution in [0, 0.1) is 0 Å². The summed E-state index contributed by atoms with van der Waals surface area (Å²) in [5.41, 5.74) is -1.12. The molecule has 8 heteroatoms. The van der Waals surface area contributed by atoms with Gasteiger partial charge in [-0.25, -0.2) is 4.98 Å². The minimum atomic E-state index is -1.84. The smallest absolute Gasteiger partial charge is 0.178 e. The van der Waals surface area contributed by atoms with Crippen LogP contribution < -0.4 is 9.47 Å². The van der Waals surface area contributed by atoms with Crippen LogP contribution in [0.4, 0.5) is 0 Å². The zero-order valence-corrected chi connectivity index (χ0v) is 21.7. The van der Waals surface area contributed by atoms with Crippen molar-refractivity contribution in [2.45, 2.75) is 33.5 Å². The van der Waals surface area contributed by atoms with Crippen LogP contribution in [0.3, 0.4) is 0 Å². The molecule has 2 aliphatic rings. The summed E-state index contributed by atoms with van der Waals surface area (Å²) in [6, 6.07) is 23.3. The largest absolute Gasteiger partial charge is 0.495 e. The fourth-order valence-corrected chi connectivity index (χ4v) is 7.35. The first kappa shape index (κ1) is 23.5. The molecule has 3 heterocycles. The SMILES string of the molecule is COc1cncc2c1C1(O)C(O)C(Sc3ccccn3)C(c3ccccc3)C1(c1ccc(Br)cc1)O2. The lowest BCUT2D eigenvalue weighted by molar-refractivity contribution is -0.149. The van der Waals surface area contributed by atoms with Crippen LogP contribution >= 0.6 is 27.7 Å². The van der Waals surface area contributed by atoms with Crippen molar-refractivity contribution in [2.24, 2.45) is 0 Å². The Hall–Kier alpha value is -2.91. The number of methoxy groups -OCH3 is 1. The Morgan fingerprint density at radius 3 is 2.44 bits per heavy atom. The minimum Gasteiger partial charge on any atom is -0.495 e. The first-order valence-electron chi connectivity index (χ1n) is 11.5. The Balaban J connectivity index is 1.66. The molecular formula is C28H23BrN2O4S. The molecule has 6 nitrogen and oxygen atoms in total. The lowest BCUT2D eigenvalue weighted by Crippen LogP contribution is -2.52. The van der Waals surface area contributed by atoms with Crippen LogP contribution in [0.2, 0.25) is 0 Å². The van der Waals surface area contributed by atoms with Crippen molar-refractivity contribution in [3.8, 4) is 11.5 Å². The van der Waals surface area contributed by atoms with E-state index in [1.54, 1.807) is 18.6 Å². The second-order valence-corrected chi connectivity index (χ2v) is 11.0. The quantitative estimate of drug-likeness (QED) is 0.352. The van der Waals surface area contributed by atoms with Crippen LogP contribution in [0.1, 0.15) is 22.6 Å². The number of hydrogen-bond donors (Lipinski definition) is 2. The van der Waals surface area contributed by atoms with E-state index in [0.717, 1.165) is 20.6 Å². The number of aliphatic hydroxyl groups excluding tert-OH is 1.